The van der Waals surface area contributed by atoms with Gasteiger partial charge in [0.1, 0.15) is 5.82 Å². The van der Waals surface area contributed by atoms with Crippen LogP contribution in [-0.4, -0.2) is 45.6 Å². The SMILES string of the molecule is CCCn1ccnc1C(N)C1CSCCN1C. The van der Waals surface area contributed by atoms with Gasteiger partial charge in [-0.05, 0) is 13.5 Å². The van der Waals surface area contributed by atoms with Gasteiger partial charge in [-0.15, -0.1) is 0 Å². The number of imidazole rings is 1. The van der Waals surface area contributed by atoms with E-state index >= 15 is 0 Å². The van der Waals surface area contributed by atoms with E-state index in [0.29, 0.717) is 6.04 Å². The molecule has 0 aromatic carbocycles. The Kier molecular flexibility index (Phi) is 4.48. The number of nitrogens with zero attached hydrogens (tertiary/aromatic N) is 3. The molecule has 0 spiro atoms. The molecule has 4 nitrogen and oxygen atoms in total. The third-order valence-electron chi connectivity index (χ3n) is 3.37. The van der Waals surface area contributed by atoms with Crippen molar-refractivity contribution in [2.75, 3.05) is 25.1 Å². The van der Waals surface area contributed by atoms with Crippen molar-refractivity contribution in [1.82, 2.24) is 14.5 Å². The molecule has 2 N–H and O–H groups in total. The first-order valence-corrected chi connectivity index (χ1v) is 7.44. The lowest BCUT2D eigenvalue weighted by molar-refractivity contribution is 0.230. The first-order chi connectivity index (χ1) is 8.24. The zero-order valence-electron chi connectivity index (χ0n) is 10.7. The molecular weight excluding hydrogens is 232 g/mol. The molecule has 2 heterocycles. The van der Waals surface area contributed by atoms with Crippen LogP contribution in [0, 0.1) is 0 Å². The highest BCUT2D eigenvalue weighted by Gasteiger charge is 2.28. The summed E-state index contributed by atoms with van der Waals surface area (Å²) in [6.07, 6.45) is 5.01. The zero-order chi connectivity index (χ0) is 12.3. The fourth-order valence-electron chi connectivity index (χ4n) is 2.30. The second-order valence-corrected chi connectivity index (χ2v) is 5.78. The summed E-state index contributed by atoms with van der Waals surface area (Å²) >= 11 is 1.99. The smallest absolute Gasteiger partial charge is 0.127 e. The maximum atomic E-state index is 6.40. The summed E-state index contributed by atoms with van der Waals surface area (Å²) in [6, 6.07) is 0.432. The fraction of sp³-hybridized carbons (Fsp3) is 0.750. The number of rotatable bonds is 4. The predicted molar refractivity (Wildman–Crippen MR) is 73.2 cm³/mol. The summed E-state index contributed by atoms with van der Waals surface area (Å²) in [5.41, 5.74) is 6.40. The maximum Gasteiger partial charge on any atom is 0.127 e. The number of nitrogens with two attached hydrogens (primary N) is 1. The molecule has 1 fully saturated rings. The molecule has 0 radical (unpaired) electrons. The van der Waals surface area contributed by atoms with Gasteiger partial charge in [-0.25, -0.2) is 4.98 Å². The van der Waals surface area contributed by atoms with Crippen molar-refractivity contribution < 1.29 is 0 Å². The number of aryl methyl sites for hydroxylation is 1. The molecule has 1 aliphatic rings. The number of aromatic nitrogens is 2. The first-order valence-electron chi connectivity index (χ1n) is 6.28. The molecule has 96 valence electrons. The molecule has 1 aromatic rings. The van der Waals surface area contributed by atoms with E-state index in [-0.39, 0.29) is 6.04 Å². The van der Waals surface area contributed by atoms with Gasteiger partial charge in [0.2, 0.25) is 0 Å². The van der Waals surface area contributed by atoms with Crippen LogP contribution < -0.4 is 5.73 Å². The molecule has 2 unspecified atom stereocenters. The molecular formula is C12H22N4S. The first kappa shape index (κ1) is 12.9. The normalized spacial score (nSPS) is 23.8. The molecule has 1 aromatic heterocycles. The van der Waals surface area contributed by atoms with E-state index in [1.807, 2.05) is 24.2 Å². The van der Waals surface area contributed by atoms with E-state index in [4.69, 9.17) is 5.73 Å². The second-order valence-electron chi connectivity index (χ2n) is 4.63. The van der Waals surface area contributed by atoms with Crippen LogP contribution in [0.4, 0.5) is 0 Å². The van der Waals surface area contributed by atoms with Gasteiger partial charge in [0.05, 0.1) is 6.04 Å². The standard InChI is InChI=1S/C12H22N4S/c1-3-5-16-6-4-14-12(16)11(13)10-9-17-8-7-15(10)2/h4,6,10-11H,3,5,7-9,13H2,1-2H3. The van der Waals surface area contributed by atoms with Crippen LogP contribution in [0.25, 0.3) is 0 Å². The molecule has 0 bridgehead atoms. The van der Waals surface area contributed by atoms with Crippen molar-refractivity contribution in [3.8, 4) is 0 Å². The Morgan fingerprint density at radius 1 is 1.65 bits per heavy atom. The van der Waals surface area contributed by atoms with Crippen LogP contribution in [0.3, 0.4) is 0 Å². The Balaban J connectivity index is 2.11. The average molecular weight is 254 g/mol. The molecule has 0 amide bonds. The van der Waals surface area contributed by atoms with Crippen LogP contribution in [0.5, 0.6) is 0 Å². The fourth-order valence-corrected chi connectivity index (χ4v) is 3.59. The average Bonchev–Trinajstić information content (AvgIpc) is 2.78. The second kappa shape index (κ2) is 5.89. The van der Waals surface area contributed by atoms with Gasteiger partial charge >= 0.3 is 0 Å². The Morgan fingerprint density at radius 3 is 3.18 bits per heavy atom. The largest absolute Gasteiger partial charge is 0.334 e. The highest BCUT2D eigenvalue weighted by atomic mass is 32.2. The zero-order valence-corrected chi connectivity index (χ0v) is 11.5. The Hall–Kier alpha value is -0.520. The topological polar surface area (TPSA) is 47.1 Å². The number of thioether (sulfide) groups is 1. The highest BCUT2D eigenvalue weighted by Crippen LogP contribution is 2.24. The lowest BCUT2D eigenvalue weighted by Gasteiger charge is -2.35. The lowest BCUT2D eigenvalue weighted by atomic mass is 10.1. The maximum absolute atomic E-state index is 6.40. The highest BCUT2D eigenvalue weighted by molar-refractivity contribution is 7.99. The number of hydrogen-bond acceptors (Lipinski definition) is 4. The lowest BCUT2D eigenvalue weighted by Crippen LogP contribution is -2.46. The molecule has 2 atom stereocenters. The summed E-state index contributed by atoms with van der Waals surface area (Å²) in [6.45, 7) is 4.31. The molecule has 5 heteroatoms. The minimum atomic E-state index is 0.0225. The van der Waals surface area contributed by atoms with Gasteiger partial charge in [-0.3, -0.25) is 4.90 Å². The Morgan fingerprint density at radius 2 is 2.47 bits per heavy atom. The number of likely N-dealkylation sites (N-methyl/N-ethyl adjacent to an activating group) is 1. The van der Waals surface area contributed by atoms with Crippen molar-refractivity contribution in [1.29, 1.82) is 0 Å². The van der Waals surface area contributed by atoms with Crippen LogP contribution in [0.2, 0.25) is 0 Å². The van der Waals surface area contributed by atoms with Gasteiger partial charge in [0, 0.05) is 43.0 Å². The summed E-state index contributed by atoms with van der Waals surface area (Å²) in [4.78, 5) is 6.81. The Labute approximate surface area is 108 Å². The van der Waals surface area contributed by atoms with Gasteiger partial charge in [-0.2, -0.15) is 11.8 Å². The molecule has 1 saturated heterocycles. The van der Waals surface area contributed by atoms with Crippen molar-refractivity contribution in [2.24, 2.45) is 5.73 Å². The van der Waals surface area contributed by atoms with Crippen molar-refractivity contribution in [3.05, 3.63) is 18.2 Å². The molecule has 0 aliphatic carbocycles. The molecule has 1 aliphatic heterocycles. The van der Waals surface area contributed by atoms with E-state index < -0.39 is 0 Å². The van der Waals surface area contributed by atoms with Gasteiger partial charge < -0.3 is 10.3 Å². The molecule has 17 heavy (non-hydrogen) atoms. The summed E-state index contributed by atoms with van der Waals surface area (Å²) < 4.78 is 2.19. The minimum Gasteiger partial charge on any atom is -0.334 e. The van der Waals surface area contributed by atoms with E-state index in [9.17, 15) is 0 Å². The Bertz CT molecular complexity index is 352. The monoisotopic (exact) mass is 254 g/mol. The minimum absolute atomic E-state index is 0.0225. The van der Waals surface area contributed by atoms with Gasteiger partial charge in [0.25, 0.3) is 0 Å². The predicted octanol–water partition coefficient (Wildman–Crippen LogP) is 1.34. The van der Waals surface area contributed by atoms with E-state index in [0.717, 1.165) is 31.1 Å². The van der Waals surface area contributed by atoms with E-state index in [1.54, 1.807) is 0 Å². The summed E-state index contributed by atoms with van der Waals surface area (Å²) in [5.74, 6) is 3.35. The summed E-state index contributed by atoms with van der Waals surface area (Å²) in [7, 11) is 2.16. The van der Waals surface area contributed by atoms with E-state index in [2.05, 4.69) is 28.4 Å². The van der Waals surface area contributed by atoms with Crippen LogP contribution >= 0.6 is 11.8 Å². The van der Waals surface area contributed by atoms with Crippen molar-refractivity contribution in [2.45, 2.75) is 32.0 Å². The van der Waals surface area contributed by atoms with Crippen molar-refractivity contribution in [3.63, 3.8) is 0 Å². The van der Waals surface area contributed by atoms with Gasteiger partial charge in [-0.1, -0.05) is 6.92 Å². The molecule has 0 saturated carbocycles. The molecule has 2 rings (SSSR count). The quantitative estimate of drug-likeness (QED) is 0.881. The third-order valence-corrected chi connectivity index (χ3v) is 4.42. The van der Waals surface area contributed by atoms with Crippen LogP contribution in [0.1, 0.15) is 25.2 Å². The van der Waals surface area contributed by atoms with E-state index in [1.165, 1.54) is 5.75 Å². The van der Waals surface area contributed by atoms with Crippen molar-refractivity contribution >= 4 is 11.8 Å². The van der Waals surface area contributed by atoms with Crippen LogP contribution in [-0.2, 0) is 6.54 Å². The third kappa shape index (κ3) is 2.84. The van der Waals surface area contributed by atoms with Crippen LogP contribution in [0.15, 0.2) is 12.4 Å². The summed E-state index contributed by atoms with van der Waals surface area (Å²) in [5, 5.41) is 0. The van der Waals surface area contributed by atoms with Gasteiger partial charge in [0.15, 0.2) is 0 Å². The number of hydrogen-bond donors (Lipinski definition) is 1.